The van der Waals surface area contributed by atoms with E-state index in [4.69, 9.17) is 5.73 Å². The fourth-order valence-electron chi connectivity index (χ4n) is 1.50. The van der Waals surface area contributed by atoms with Crippen molar-refractivity contribution in [1.29, 1.82) is 0 Å². The number of nitrogens with two attached hydrogens (primary N) is 1. The number of hydrogen-bond donors (Lipinski definition) is 1. The highest BCUT2D eigenvalue weighted by molar-refractivity contribution is 7.89. The van der Waals surface area contributed by atoms with E-state index in [1.54, 1.807) is 12.1 Å². The highest BCUT2D eigenvalue weighted by Crippen LogP contribution is 2.18. The van der Waals surface area contributed by atoms with Crippen LogP contribution < -0.4 is 5.73 Å². The molecule has 1 aromatic carbocycles. The molecule has 1 rings (SSSR count). The van der Waals surface area contributed by atoms with Gasteiger partial charge < -0.3 is 5.73 Å². The van der Waals surface area contributed by atoms with E-state index in [0.717, 1.165) is 0 Å². The molecular formula is C11H16N2O3S. The molecule has 0 saturated carbocycles. The highest BCUT2D eigenvalue weighted by Gasteiger charge is 2.24. The largest absolute Gasteiger partial charge is 0.366 e. The van der Waals surface area contributed by atoms with Crippen LogP contribution in [0.4, 0.5) is 0 Å². The number of nitrogens with zero attached hydrogens (tertiary/aromatic N) is 1. The predicted molar refractivity (Wildman–Crippen MR) is 65.1 cm³/mol. The highest BCUT2D eigenvalue weighted by atomic mass is 32.2. The van der Waals surface area contributed by atoms with E-state index in [-0.39, 0.29) is 10.5 Å². The van der Waals surface area contributed by atoms with Crippen LogP contribution in [0.2, 0.25) is 0 Å². The number of primary amides is 1. The monoisotopic (exact) mass is 256 g/mol. The summed E-state index contributed by atoms with van der Waals surface area (Å²) in [5, 5.41) is 0. The van der Waals surface area contributed by atoms with E-state index >= 15 is 0 Å². The van der Waals surface area contributed by atoms with Crippen LogP contribution in [0.15, 0.2) is 29.2 Å². The summed E-state index contributed by atoms with van der Waals surface area (Å²) in [6.07, 6.45) is 0.703. The van der Waals surface area contributed by atoms with Crippen molar-refractivity contribution in [3.63, 3.8) is 0 Å². The Labute approximate surface area is 101 Å². The molecule has 0 atom stereocenters. The van der Waals surface area contributed by atoms with Crippen molar-refractivity contribution in [3.8, 4) is 0 Å². The Morgan fingerprint density at radius 2 is 1.94 bits per heavy atom. The fraction of sp³-hybridized carbons (Fsp3) is 0.364. The molecule has 1 aromatic rings. The lowest BCUT2D eigenvalue weighted by Gasteiger charge is -2.17. The van der Waals surface area contributed by atoms with Crippen molar-refractivity contribution in [2.24, 2.45) is 5.73 Å². The molecule has 1 amide bonds. The van der Waals surface area contributed by atoms with Crippen LogP contribution in [-0.2, 0) is 10.0 Å². The number of benzene rings is 1. The maximum absolute atomic E-state index is 12.2. The van der Waals surface area contributed by atoms with Crippen LogP contribution in [0.25, 0.3) is 0 Å². The molecule has 6 heteroatoms. The average molecular weight is 256 g/mol. The van der Waals surface area contributed by atoms with Gasteiger partial charge in [0.05, 0.1) is 10.5 Å². The molecule has 0 aliphatic rings. The van der Waals surface area contributed by atoms with Crippen LogP contribution in [-0.4, -0.2) is 32.2 Å². The van der Waals surface area contributed by atoms with Gasteiger partial charge >= 0.3 is 0 Å². The third kappa shape index (κ3) is 2.83. The first-order chi connectivity index (χ1) is 7.91. The van der Waals surface area contributed by atoms with Crippen molar-refractivity contribution in [2.75, 3.05) is 13.6 Å². The van der Waals surface area contributed by atoms with Crippen LogP contribution in [0.1, 0.15) is 23.7 Å². The van der Waals surface area contributed by atoms with Gasteiger partial charge in [-0.2, -0.15) is 0 Å². The van der Waals surface area contributed by atoms with Gasteiger partial charge in [0, 0.05) is 13.6 Å². The minimum Gasteiger partial charge on any atom is -0.366 e. The predicted octanol–water partition coefficient (Wildman–Crippen LogP) is 0.816. The molecule has 0 aliphatic carbocycles. The molecule has 0 aliphatic heterocycles. The number of rotatable bonds is 5. The van der Waals surface area contributed by atoms with E-state index in [1.807, 2.05) is 6.92 Å². The Morgan fingerprint density at radius 3 is 2.47 bits per heavy atom. The minimum atomic E-state index is -3.64. The zero-order chi connectivity index (χ0) is 13.1. The van der Waals surface area contributed by atoms with Crippen LogP contribution in [0.3, 0.4) is 0 Å². The molecule has 5 nitrogen and oxygen atoms in total. The number of carbonyl (C=O) groups is 1. The summed E-state index contributed by atoms with van der Waals surface area (Å²) in [6, 6.07) is 5.95. The Hall–Kier alpha value is -1.40. The lowest BCUT2D eigenvalue weighted by molar-refractivity contribution is 0.0997. The summed E-state index contributed by atoms with van der Waals surface area (Å²) in [4.78, 5) is 11.1. The third-order valence-electron chi connectivity index (χ3n) is 2.38. The lowest BCUT2D eigenvalue weighted by Crippen LogP contribution is -2.29. The van der Waals surface area contributed by atoms with E-state index in [9.17, 15) is 13.2 Å². The number of amides is 1. The van der Waals surface area contributed by atoms with Crippen molar-refractivity contribution < 1.29 is 13.2 Å². The molecule has 0 radical (unpaired) electrons. The minimum absolute atomic E-state index is 0.0236. The molecule has 0 fully saturated rings. The second kappa shape index (κ2) is 5.29. The standard InChI is InChI=1S/C11H16N2O3S/c1-3-8-13(2)17(15,16)10-7-5-4-6-9(10)11(12)14/h4-7H,3,8H2,1-2H3,(H2,12,14). The third-order valence-corrected chi connectivity index (χ3v) is 4.29. The van der Waals surface area contributed by atoms with Crippen molar-refractivity contribution >= 4 is 15.9 Å². The second-order valence-corrected chi connectivity index (χ2v) is 5.70. The van der Waals surface area contributed by atoms with E-state index in [1.165, 1.54) is 23.5 Å². The molecule has 0 heterocycles. The zero-order valence-electron chi connectivity index (χ0n) is 9.88. The number of hydrogen-bond acceptors (Lipinski definition) is 3. The van der Waals surface area contributed by atoms with Gasteiger partial charge in [0.1, 0.15) is 0 Å². The van der Waals surface area contributed by atoms with Gasteiger partial charge in [-0.25, -0.2) is 12.7 Å². The number of carbonyl (C=O) groups excluding carboxylic acids is 1. The molecule has 17 heavy (non-hydrogen) atoms. The first-order valence-corrected chi connectivity index (χ1v) is 6.70. The molecule has 2 N–H and O–H groups in total. The average Bonchev–Trinajstić information content (AvgIpc) is 2.29. The maximum atomic E-state index is 12.2. The van der Waals surface area contributed by atoms with Gasteiger partial charge in [0.2, 0.25) is 15.9 Å². The van der Waals surface area contributed by atoms with E-state index in [0.29, 0.717) is 13.0 Å². The van der Waals surface area contributed by atoms with Gasteiger partial charge in [-0.3, -0.25) is 4.79 Å². The summed E-state index contributed by atoms with van der Waals surface area (Å²) < 4.78 is 25.5. The molecule has 94 valence electrons. The van der Waals surface area contributed by atoms with Gasteiger partial charge in [-0.1, -0.05) is 19.1 Å². The van der Waals surface area contributed by atoms with E-state index < -0.39 is 15.9 Å². The topological polar surface area (TPSA) is 80.5 Å². The summed E-state index contributed by atoms with van der Waals surface area (Å²) in [7, 11) is -2.16. The van der Waals surface area contributed by atoms with Crippen LogP contribution in [0, 0.1) is 0 Å². The molecule has 0 saturated heterocycles. The lowest BCUT2D eigenvalue weighted by atomic mass is 10.2. The van der Waals surface area contributed by atoms with E-state index in [2.05, 4.69) is 0 Å². The van der Waals surface area contributed by atoms with Gasteiger partial charge in [0.25, 0.3) is 0 Å². The van der Waals surface area contributed by atoms with Crippen molar-refractivity contribution in [1.82, 2.24) is 4.31 Å². The molecular weight excluding hydrogens is 240 g/mol. The molecule has 0 aromatic heterocycles. The molecule has 0 spiro atoms. The Bertz CT molecular complexity index is 511. The Morgan fingerprint density at radius 1 is 1.35 bits per heavy atom. The van der Waals surface area contributed by atoms with Gasteiger partial charge in [-0.05, 0) is 18.6 Å². The van der Waals surface area contributed by atoms with Gasteiger partial charge in [-0.15, -0.1) is 0 Å². The summed E-state index contributed by atoms with van der Waals surface area (Å²) in [6.45, 7) is 2.28. The summed E-state index contributed by atoms with van der Waals surface area (Å²) in [5.41, 5.74) is 5.19. The normalized spacial score (nSPS) is 11.7. The number of sulfonamides is 1. The van der Waals surface area contributed by atoms with Crippen molar-refractivity contribution in [2.45, 2.75) is 18.2 Å². The summed E-state index contributed by atoms with van der Waals surface area (Å²) in [5.74, 6) is -0.742. The van der Waals surface area contributed by atoms with Crippen LogP contribution >= 0.6 is 0 Å². The first-order valence-electron chi connectivity index (χ1n) is 5.26. The molecule has 0 unspecified atom stereocenters. The SMILES string of the molecule is CCCN(C)S(=O)(=O)c1ccccc1C(N)=O. The Kier molecular flexibility index (Phi) is 4.25. The van der Waals surface area contributed by atoms with Gasteiger partial charge in [0.15, 0.2) is 0 Å². The maximum Gasteiger partial charge on any atom is 0.250 e. The van der Waals surface area contributed by atoms with Crippen LogP contribution in [0.5, 0.6) is 0 Å². The quantitative estimate of drug-likeness (QED) is 0.846. The Balaban J connectivity index is 3.29. The molecule has 0 bridgehead atoms. The van der Waals surface area contributed by atoms with Crippen molar-refractivity contribution in [3.05, 3.63) is 29.8 Å². The smallest absolute Gasteiger partial charge is 0.250 e. The second-order valence-electron chi connectivity index (χ2n) is 3.69. The summed E-state index contributed by atoms with van der Waals surface area (Å²) >= 11 is 0. The zero-order valence-corrected chi connectivity index (χ0v) is 10.7. The first kappa shape index (κ1) is 13.7. The fourth-order valence-corrected chi connectivity index (χ4v) is 2.95.